The van der Waals surface area contributed by atoms with E-state index in [4.69, 9.17) is 14.2 Å². The molecule has 1 unspecified atom stereocenters. The van der Waals surface area contributed by atoms with Crippen molar-refractivity contribution in [3.05, 3.63) is 58.8 Å². The van der Waals surface area contributed by atoms with Gasteiger partial charge in [0, 0.05) is 40.9 Å². The highest BCUT2D eigenvalue weighted by Gasteiger charge is 2.37. The van der Waals surface area contributed by atoms with Crippen LogP contribution < -0.4 is 19.5 Å². The number of carbonyl (C=O) groups is 1. The van der Waals surface area contributed by atoms with Crippen LogP contribution in [0.2, 0.25) is 0 Å². The molecule has 0 saturated carbocycles. The number of hydrogen-bond acceptors (Lipinski definition) is 5. The van der Waals surface area contributed by atoms with E-state index in [0.29, 0.717) is 17.9 Å². The van der Waals surface area contributed by atoms with Crippen molar-refractivity contribution in [2.24, 2.45) is 0 Å². The first-order valence-corrected chi connectivity index (χ1v) is 9.10. The summed E-state index contributed by atoms with van der Waals surface area (Å²) in [5, 5.41) is 3.47. The van der Waals surface area contributed by atoms with Crippen LogP contribution in [0.4, 0.5) is 5.69 Å². The lowest BCUT2D eigenvalue weighted by Crippen LogP contribution is -2.27. The molecule has 5 heteroatoms. The summed E-state index contributed by atoms with van der Waals surface area (Å²) in [5.41, 5.74) is 4.76. The van der Waals surface area contributed by atoms with Gasteiger partial charge in [0.05, 0.1) is 21.3 Å². The van der Waals surface area contributed by atoms with E-state index in [9.17, 15) is 4.79 Å². The zero-order chi connectivity index (χ0) is 19.0. The predicted octanol–water partition coefficient (Wildman–Crippen LogP) is 4.28. The molecule has 0 spiro atoms. The first kappa shape index (κ1) is 17.5. The Balaban J connectivity index is 1.98. The summed E-state index contributed by atoms with van der Waals surface area (Å²) in [7, 11) is 4.90. The Kier molecular flexibility index (Phi) is 4.52. The van der Waals surface area contributed by atoms with Crippen molar-refractivity contribution in [2.45, 2.75) is 25.2 Å². The number of rotatable bonds is 4. The van der Waals surface area contributed by atoms with E-state index < -0.39 is 0 Å². The molecular weight excluding hydrogens is 342 g/mol. The Bertz CT molecular complexity index is 932. The number of para-hydroxylation sites is 1. The minimum absolute atomic E-state index is 0.194. The highest BCUT2D eigenvalue weighted by Crippen LogP contribution is 2.50. The fourth-order valence-corrected chi connectivity index (χ4v) is 4.12. The molecule has 140 valence electrons. The monoisotopic (exact) mass is 365 g/mol. The Morgan fingerprint density at radius 1 is 0.889 bits per heavy atom. The average Bonchev–Trinajstić information content (AvgIpc) is 2.71. The molecule has 0 radical (unpaired) electrons. The largest absolute Gasteiger partial charge is 0.496 e. The van der Waals surface area contributed by atoms with Gasteiger partial charge in [-0.25, -0.2) is 0 Å². The van der Waals surface area contributed by atoms with Crippen LogP contribution in [0, 0.1) is 0 Å². The number of fused-ring (bicyclic) bond motifs is 1. The minimum atomic E-state index is -0.194. The molecular formula is C22H23NO4. The van der Waals surface area contributed by atoms with Gasteiger partial charge in [-0.3, -0.25) is 4.79 Å². The topological polar surface area (TPSA) is 56.8 Å². The molecule has 2 aromatic rings. The maximum Gasteiger partial charge on any atom is 0.162 e. The molecule has 0 aromatic heterocycles. The summed E-state index contributed by atoms with van der Waals surface area (Å²) in [6, 6.07) is 11.8. The summed E-state index contributed by atoms with van der Waals surface area (Å²) in [6.07, 6.45) is 2.31. The van der Waals surface area contributed by atoms with Gasteiger partial charge in [0.1, 0.15) is 5.75 Å². The Morgan fingerprint density at radius 3 is 2.33 bits per heavy atom. The van der Waals surface area contributed by atoms with Crippen LogP contribution in [0.15, 0.2) is 47.7 Å². The highest BCUT2D eigenvalue weighted by molar-refractivity contribution is 6.01. The second-order valence-corrected chi connectivity index (χ2v) is 6.76. The Labute approximate surface area is 158 Å². The van der Waals surface area contributed by atoms with Gasteiger partial charge in [-0.15, -0.1) is 0 Å². The zero-order valence-corrected chi connectivity index (χ0v) is 15.8. The molecule has 0 fully saturated rings. The van der Waals surface area contributed by atoms with Gasteiger partial charge in [-0.1, -0.05) is 18.2 Å². The highest BCUT2D eigenvalue weighted by atomic mass is 16.5. The second kappa shape index (κ2) is 6.99. The van der Waals surface area contributed by atoms with Crippen molar-refractivity contribution < 1.29 is 19.0 Å². The van der Waals surface area contributed by atoms with E-state index in [1.807, 2.05) is 36.4 Å². The molecule has 1 aliphatic carbocycles. The summed E-state index contributed by atoms with van der Waals surface area (Å²) in [6.45, 7) is 0. The van der Waals surface area contributed by atoms with Crippen molar-refractivity contribution in [1.29, 1.82) is 0 Å². The average molecular weight is 365 g/mol. The summed E-state index contributed by atoms with van der Waals surface area (Å²) in [4.78, 5) is 12.9. The fourth-order valence-electron chi connectivity index (χ4n) is 4.12. The third-order valence-corrected chi connectivity index (χ3v) is 5.35. The van der Waals surface area contributed by atoms with Gasteiger partial charge in [0.2, 0.25) is 0 Å². The van der Waals surface area contributed by atoms with E-state index in [1.54, 1.807) is 21.3 Å². The van der Waals surface area contributed by atoms with Crippen molar-refractivity contribution in [2.75, 3.05) is 26.6 Å². The molecule has 0 amide bonds. The number of ether oxygens (including phenoxy) is 3. The molecule has 1 heterocycles. The lowest BCUT2D eigenvalue weighted by Gasteiger charge is -2.35. The zero-order valence-electron chi connectivity index (χ0n) is 15.8. The lowest BCUT2D eigenvalue weighted by atomic mass is 9.75. The Hall–Kier alpha value is -2.95. The van der Waals surface area contributed by atoms with Gasteiger partial charge in [0.25, 0.3) is 0 Å². The number of benzene rings is 2. The summed E-state index contributed by atoms with van der Waals surface area (Å²) < 4.78 is 16.6. The molecule has 27 heavy (non-hydrogen) atoms. The molecule has 0 bridgehead atoms. The number of Topliss-reactive ketones (excluding diaryl/α,β-unsaturated/α-hetero) is 1. The molecule has 2 aromatic carbocycles. The lowest BCUT2D eigenvalue weighted by molar-refractivity contribution is -0.116. The fraction of sp³-hybridized carbons (Fsp3) is 0.318. The molecule has 4 rings (SSSR count). The SMILES string of the molecule is COc1cc2c(cc1OC)C(c1ccccc1OC)C1=C(CCCC1=O)N2. The van der Waals surface area contributed by atoms with Gasteiger partial charge in [-0.05, 0) is 30.5 Å². The third-order valence-electron chi connectivity index (χ3n) is 5.35. The van der Waals surface area contributed by atoms with Crippen LogP contribution >= 0.6 is 0 Å². The van der Waals surface area contributed by atoms with Gasteiger partial charge < -0.3 is 19.5 Å². The van der Waals surface area contributed by atoms with Crippen molar-refractivity contribution in [1.82, 2.24) is 0 Å². The van der Waals surface area contributed by atoms with E-state index in [1.165, 1.54) is 0 Å². The molecule has 0 saturated heterocycles. The molecule has 1 aliphatic heterocycles. The molecule has 1 atom stereocenters. The van der Waals surface area contributed by atoms with Crippen LogP contribution in [0.3, 0.4) is 0 Å². The number of ketones is 1. The number of allylic oxidation sites excluding steroid dienone is 2. The van der Waals surface area contributed by atoms with Crippen molar-refractivity contribution >= 4 is 11.5 Å². The van der Waals surface area contributed by atoms with Crippen LogP contribution in [0.25, 0.3) is 0 Å². The predicted molar refractivity (Wildman–Crippen MR) is 104 cm³/mol. The summed E-state index contributed by atoms with van der Waals surface area (Å²) in [5.74, 6) is 2.08. The first-order valence-electron chi connectivity index (χ1n) is 9.10. The standard InChI is InChI=1S/C22H23NO4/c1-25-18-10-5-4-7-13(18)21-14-11-19(26-2)20(27-3)12-16(14)23-15-8-6-9-17(24)22(15)21/h4-5,7,10-12,21,23H,6,8-9H2,1-3H3. The summed E-state index contributed by atoms with van der Waals surface area (Å²) >= 11 is 0. The number of carbonyl (C=O) groups excluding carboxylic acids is 1. The number of nitrogens with one attached hydrogen (secondary N) is 1. The third kappa shape index (κ3) is 2.83. The van der Waals surface area contributed by atoms with Gasteiger partial charge in [0.15, 0.2) is 17.3 Å². The van der Waals surface area contributed by atoms with Crippen molar-refractivity contribution in [3.8, 4) is 17.2 Å². The smallest absolute Gasteiger partial charge is 0.162 e. The van der Waals surface area contributed by atoms with E-state index >= 15 is 0 Å². The number of methoxy groups -OCH3 is 3. The van der Waals surface area contributed by atoms with Crippen LogP contribution in [-0.4, -0.2) is 27.1 Å². The van der Waals surface area contributed by atoms with E-state index in [2.05, 4.69) is 5.32 Å². The number of anilines is 1. The van der Waals surface area contributed by atoms with E-state index in [0.717, 1.165) is 46.7 Å². The molecule has 1 N–H and O–H groups in total. The van der Waals surface area contributed by atoms with Crippen LogP contribution in [-0.2, 0) is 4.79 Å². The maximum atomic E-state index is 12.9. The second-order valence-electron chi connectivity index (χ2n) is 6.76. The minimum Gasteiger partial charge on any atom is -0.496 e. The van der Waals surface area contributed by atoms with E-state index in [-0.39, 0.29) is 11.7 Å². The Morgan fingerprint density at radius 2 is 1.59 bits per heavy atom. The quantitative estimate of drug-likeness (QED) is 0.877. The molecule has 2 aliphatic rings. The maximum absolute atomic E-state index is 12.9. The molecule has 5 nitrogen and oxygen atoms in total. The van der Waals surface area contributed by atoms with Gasteiger partial charge >= 0.3 is 0 Å². The first-order chi connectivity index (χ1) is 13.2. The van der Waals surface area contributed by atoms with Gasteiger partial charge in [-0.2, -0.15) is 0 Å². The normalized spacial score (nSPS) is 18.3. The van der Waals surface area contributed by atoms with Crippen LogP contribution in [0.5, 0.6) is 17.2 Å². The van der Waals surface area contributed by atoms with Crippen molar-refractivity contribution in [3.63, 3.8) is 0 Å². The number of hydrogen-bond donors (Lipinski definition) is 1. The van der Waals surface area contributed by atoms with Crippen LogP contribution in [0.1, 0.15) is 36.3 Å².